The molecule has 0 aliphatic heterocycles. The molecule has 4 heterocycles. The SMILES string of the molecule is c1nnn(C23CC4CC(CC(c5nc6c7c8c(sc7ncn6n5)CCC8)(C4)C2)C3)n1. The fourth-order valence-corrected chi connectivity index (χ4v) is 8.94. The molecule has 5 aliphatic carbocycles. The van der Waals surface area contributed by atoms with Gasteiger partial charge in [0.05, 0.1) is 10.9 Å². The summed E-state index contributed by atoms with van der Waals surface area (Å²) in [5.74, 6) is 2.42. The van der Waals surface area contributed by atoms with Crippen molar-refractivity contribution in [2.75, 3.05) is 0 Å². The zero-order chi connectivity index (χ0) is 19.5. The summed E-state index contributed by atoms with van der Waals surface area (Å²) in [6, 6.07) is 0. The second kappa shape index (κ2) is 5.25. The number of thiophene rings is 1. The Morgan fingerprint density at radius 1 is 1.10 bits per heavy atom. The number of hydrogen-bond acceptors (Lipinski definition) is 7. The Hall–Kier alpha value is -2.42. The molecule has 152 valence electrons. The van der Waals surface area contributed by atoms with Crippen molar-refractivity contribution in [2.24, 2.45) is 11.8 Å². The third kappa shape index (κ3) is 1.93. The van der Waals surface area contributed by atoms with Crippen molar-refractivity contribution in [3.05, 3.63) is 28.9 Å². The molecule has 0 saturated heterocycles. The summed E-state index contributed by atoms with van der Waals surface area (Å²) < 4.78 is 1.95. The van der Waals surface area contributed by atoms with Crippen LogP contribution in [0.3, 0.4) is 0 Å². The maximum Gasteiger partial charge on any atom is 0.167 e. The summed E-state index contributed by atoms with van der Waals surface area (Å²) in [5.41, 5.74) is 2.49. The molecule has 5 aliphatic rings. The van der Waals surface area contributed by atoms with E-state index in [0.717, 1.165) is 29.1 Å². The number of nitrogens with zero attached hydrogens (tertiary/aromatic N) is 8. The second-order valence-corrected chi connectivity index (χ2v) is 11.3. The highest BCUT2D eigenvalue weighted by molar-refractivity contribution is 7.19. The zero-order valence-electron chi connectivity index (χ0n) is 16.7. The van der Waals surface area contributed by atoms with Crippen LogP contribution in [0.2, 0.25) is 0 Å². The van der Waals surface area contributed by atoms with Crippen LogP contribution in [0.5, 0.6) is 0 Å². The summed E-state index contributed by atoms with van der Waals surface area (Å²) in [7, 11) is 0. The van der Waals surface area contributed by atoms with Gasteiger partial charge in [0.2, 0.25) is 0 Å². The highest BCUT2D eigenvalue weighted by atomic mass is 32.1. The first-order valence-corrected chi connectivity index (χ1v) is 11.9. The van der Waals surface area contributed by atoms with Crippen molar-refractivity contribution in [3.8, 4) is 0 Å². The minimum atomic E-state index is -0.0186. The topological polar surface area (TPSA) is 86.7 Å². The van der Waals surface area contributed by atoms with E-state index in [2.05, 4.69) is 15.4 Å². The molecule has 9 rings (SSSR count). The standard InChI is InChI=1S/C21H22N8S/c1-2-14-15(3-1)30-18-16(14)17-25-19(26-28(17)11-22-18)20-5-12-4-13(6-20)8-21(7-12,9-20)29-24-10-23-27-29/h10-13H,1-9H2. The summed E-state index contributed by atoms with van der Waals surface area (Å²) in [4.78, 5) is 14.5. The van der Waals surface area contributed by atoms with Crippen LogP contribution in [0.1, 0.15) is 61.2 Å². The molecule has 4 aromatic rings. The van der Waals surface area contributed by atoms with Gasteiger partial charge in [0.25, 0.3) is 0 Å². The number of hydrogen-bond donors (Lipinski definition) is 0. The van der Waals surface area contributed by atoms with E-state index in [1.54, 1.807) is 6.33 Å². The molecule has 2 unspecified atom stereocenters. The van der Waals surface area contributed by atoms with Crippen molar-refractivity contribution in [3.63, 3.8) is 0 Å². The van der Waals surface area contributed by atoms with E-state index in [4.69, 9.17) is 15.1 Å². The minimum Gasteiger partial charge on any atom is -0.225 e. The molecule has 0 radical (unpaired) electrons. The molecule has 2 atom stereocenters. The smallest absolute Gasteiger partial charge is 0.167 e. The van der Waals surface area contributed by atoms with Crippen molar-refractivity contribution in [1.29, 1.82) is 0 Å². The Kier molecular flexibility index (Phi) is 2.85. The molecular formula is C21H22N8S. The van der Waals surface area contributed by atoms with Gasteiger partial charge in [0.15, 0.2) is 17.8 Å². The van der Waals surface area contributed by atoms with Gasteiger partial charge in [-0.05, 0) is 80.4 Å². The van der Waals surface area contributed by atoms with Gasteiger partial charge in [-0.1, -0.05) is 0 Å². The van der Waals surface area contributed by atoms with Crippen LogP contribution in [0.25, 0.3) is 15.9 Å². The van der Waals surface area contributed by atoms with E-state index in [0.29, 0.717) is 11.8 Å². The lowest BCUT2D eigenvalue weighted by Crippen LogP contribution is -2.59. The summed E-state index contributed by atoms with van der Waals surface area (Å²) in [5, 5.41) is 19.2. The average molecular weight is 419 g/mol. The van der Waals surface area contributed by atoms with Crippen molar-refractivity contribution < 1.29 is 0 Å². The molecule has 4 fully saturated rings. The first kappa shape index (κ1) is 16.3. The highest BCUT2D eigenvalue weighted by Crippen LogP contribution is 2.64. The number of rotatable bonds is 2. The van der Waals surface area contributed by atoms with E-state index >= 15 is 0 Å². The second-order valence-electron chi connectivity index (χ2n) is 10.2. The van der Waals surface area contributed by atoms with Gasteiger partial charge in [0.1, 0.15) is 11.2 Å². The zero-order valence-corrected chi connectivity index (χ0v) is 17.5. The van der Waals surface area contributed by atoms with Gasteiger partial charge < -0.3 is 0 Å². The molecule has 0 amide bonds. The van der Waals surface area contributed by atoms with Crippen LogP contribution < -0.4 is 0 Å². The van der Waals surface area contributed by atoms with Crippen LogP contribution in [-0.2, 0) is 23.8 Å². The Labute approximate surface area is 176 Å². The van der Waals surface area contributed by atoms with Crippen molar-refractivity contribution >= 4 is 27.2 Å². The van der Waals surface area contributed by atoms with Crippen LogP contribution in [0.4, 0.5) is 0 Å². The molecule has 4 saturated carbocycles. The normalized spacial score (nSPS) is 34.4. The Bertz CT molecular complexity index is 1300. The van der Waals surface area contributed by atoms with Gasteiger partial charge >= 0.3 is 0 Å². The molecule has 0 spiro atoms. The van der Waals surface area contributed by atoms with E-state index in [9.17, 15) is 0 Å². The maximum absolute atomic E-state index is 5.25. The Balaban J connectivity index is 1.32. The van der Waals surface area contributed by atoms with Crippen LogP contribution in [-0.4, -0.2) is 39.8 Å². The molecular weight excluding hydrogens is 396 g/mol. The number of aryl methyl sites for hydroxylation is 2. The first-order valence-electron chi connectivity index (χ1n) is 11.1. The number of tetrazole rings is 1. The van der Waals surface area contributed by atoms with E-state index in [-0.39, 0.29) is 11.0 Å². The van der Waals surface area contributed by atoms with Crippen LogP contribution in [0.15, 0.2) is 12.7 Å². The lowest BCUT2D eigenvalue weighted by molar-refractivity contribution is -0.0785. The largest absolute Gasteiger partial charge is 0.225 e. The lowest BCUT2D eigenvalue weighted by Gasteiger charge is -2.60. The number of fused-ring (bicyclic) bond motifs is 5. The predicted molar refractivity (Wildman–Crippen MR) is 110 cm³/mol. The van der Waals surface area contributed by atoms with Crippen molar-refractivity contribution in [1.82, 2.24) is 39.8 Å². The van der Waals surface area contributed by atoms with Gasteiger partial charge in [-0.15, -0.1) is 26.6 Å². The molecule has 8 nitrogen and oxygen atoms in total. The van der Waals surface area contributed by atoms with Gasteiger partial charge in [-0.25, -0.2) is 14.5 Å². The third-order valence-electron chi connectivity index (χ3n) is 8.32. The van der Waals surface area contributed by atoms with E-state index in [1.165, 1.54) is 60.8 Å². The Morgan fingerprint density at radius 2 is 2.00 bits per heavy atom. The fraction of sp³-hybridized carbons (Fsp3) is 0.619. The quantitative estimate of drug-likeness (QED) is 0.497. The molecule has 4 aromatic heterocycles. The van der Waals surface area contributed by atoms with Crippen LogP contribution in [0, 0.1) is 11.8 Å². The monoisotopic (exact) mass is 418 g/mol. The number of aromatic nitrogens is 8. The molecule has 0 N–H and O–H groups in total. The summed E-state index contributed by atoms with van der Waals surface area (Å²) >= 11 is 1.85. The summed E-state index contributed by atoms with van der Waals surface area (Å²) in [6.45, 7) is 0. The molecule has 30 heavy (non-hydrogen) atoms. The first-order chi connectivity index (χ1) is 14.7. The minimum absolute atomic E-state index is 0.0186. The van der Waals surface area contributed by atoms with E-state index in [1.807, 2.05) is 27.0 Å². The van der Waals surface area contributed by atoms with Crippen LogP contribution >= 0.6 is 11.3 Å². The Morgan fingerprint density at radius 3 is 2.83 bits per heavy atom. The van der Waals surface area contributed by atoms with Gasteiger partial charge in [-0.2, -0.15) is 4.80 Å². The summed E-state index contributed by atoms with van der Waals surface area (Å²) in [6.07, 6.45) is 14.1. The van der Waals surface area contributed by atoms with Gasteiger partial charge in [-0.3, -0.25) is 0 Å². The highest BCUT2D eigenvalue weighted by Gasteiger charge is 2.61. The maximum atomic E-state index is 5.25. The third-order valence-corrected chi connectivity index (χ3v) is 9.52. The molecule has 9 heteroatoms. The van der Waals surface area contributed by atoms with Crippen molar-refractivity contribution in [2.45, 2.75) is 68.7 Å². The lowest BCUT2D eigenvalue weighted by atomic mass is 9.46. The average Bonchev–Trinajstić information content (AvgIpc) is 3.48. The van der Waals surface area contributed by atoms with Gasteiger partial charge in [0, 0.05) is 10.3 Å². The fourth-order valence-electron chi connectivity index (χ4n) is 7.71. The molecule has 4 bridgehead atoms. The predicted octanol–water partition coefficient (Wildman–Crippen LogP) is 3.06. The van der Waals surface area contributed by atoms with E-state index < -0.39 is 0 Å². The molecule has 0 aromatic carbocycles.